The lowest BCUT2D eigenvalue weighted by Crippen LogP contribution is -2.61. The van der Waals surface area contributed by atoms with Gasteiger partial charge in [0.2, 0.25) is 23.6 Å². The molecular formula is C99H134N14O21S. The Balaban J connectivity index is 0.548. The van der Waals surface area contributed by atoms with E-state index in [1.807, 2.05) is 90.1 Å². The zero-order chi connectivity index (χ0) is 96.8. The van der Waals surface area contributed by atoms with Crippen LogP contribution < -0.4 is 30.9 Å². The van der Waals surface area contributed by atoms with Gasteiger partial charge >= 0.3 is 12.1 Å². The van der Waals surface area contributed by atoms with Crippen LogP contribution in [0.15, 0.2) is 132 Å². The highest BCUT2D eigenvalue weighted by molar-refractivity contribution is 7.91. The third kappa shape index (κ3) is 27.3. The first-order valence-corrected chi connectivity index (χ1v) is 48.9. The first kappa shape index (κ1) is 103. The van der Waals surface area contributed by atoms with Crippen LogP contribution in [0.1, 0.15) is 169 Å². The van der Waals surface area contributed by atoms with E-state index < -0.39 is 118 Å². The van der Waals surface area contributed by atoms with Gasteiger partial charge in [0, 0.05) is 190 Å². The van der Waals surface area contributed by atoms with Crippen LogP contribution in [0.4, 0.5) is 22.5 Å². The second-order valence-corrected chi connectivity index (χ2v) is 39.1. The van der Waals surface area contributed by atoms with Crippen molar-refractivity contribution in [3.05, 3.63) is 155 Å². The van der Waals surface area contributed by atoms with Crippen molar-refractivity contribution in [1.82, 2.24) is 55.2 Å². The summed E-state index contributed by atoms with van der Waals surface area (Å²) < 4.78 is 75.2. The molecule has 2 bridgehead atoms. The number of methoxy groups -OCH3 is 3. The normalized spacial score (nSPS) is 27.5. The van der Waals surface area contributed by atoms with Crippen molar-refractivity contribution in [3.8, 4) is 16.9 Å². The van der Waals surface area contributed by atoms with Crippen molar-refractivity contribution >= 4 is 80.6 Å². The van der Waals surface area contributed by atoms with Crippen molar-refractivity contribution in [2.75, 3.05) is 141 Å². The molecule has 6 N–H and O–H groups in total. The number of allylic oxidation sites excluding steroid dienone is 6. The maximum atomic E-state index is 14.8. The number of ketones is 3. The zero-order valence-corrected chi connectivity index (χ0v) is 80.3. The lowest BCUT2D eigenvalue weighted by atomic mass is 9.78. The van der Waals surface area contributed by atoms with Crippen LogP contribution in [0, 0.1) is 42.4 Å². The number of Topliss-reactive ketones (excluding diaryl/α,β-unsaturated/α-hetero) is 3. The molecule has 0 unspecified atom stereocenters. The van der Waals surface area contributed by atoms with Crippen LogP contribution >= 0.6 is 0 Å². The molecule has 5 amide bonds. The Kier molecular flexibility index (Phi) is 36.9. The van der Waals surface area contributed by atoms with Gasteiger partial charge in [0.15, 0.2) is 15.6 Å². The van der Waals surface area contributed by atoms with Crippen LogP contribution in [0.2, 0.25) is 0 Å². The number of piperazine rings is 2. The molecule has 135 heavy (non-hydrogen) atoms. The highest BCUT2D eigenvalue weighted by atomic mass is 32.2. The van der Waals surface area contributed by atoms with E-state index in [2.05, 4.69) is 40.5 Å². The fraction of sp³-hybridized carbons (Fsp3) is 0.576. The van der Waals surface area contributed by atoms with Crippen molar-refractivity contribution in [2.45, 2.75) is 211 Å². The molecule has 1 saturated carbocycles. The minimum absolute atomic E-state index is 0.0142. The first-order valence-electron chi connectivity index (χ1n) is 47.2. The number of carbonyl (C=O) groups excluding carboxylic acids is 9. The van der Waals surface area contributed by atoms with Crippen molar-refractivity contribution < 1.29 is 99.7 Å². The molecule has 36 heteroatoms. The summed E-state index contributed by atoms with van der Waals surface area (Å²) in [6.07, 6.45) is 16.9. The maximum absolute atomic E-state index is 14.8. The number of nitrogen functional groups attached to an aromatic ring is 1. The number of esters is 1. The Bertz CT molecular complexity index is 5180. The van der Waals surface area contributed by atoms with E-state index in [-0.39, 0.29) is 117 Å². The highest BCUT2D eigenvalue weighted by Gasteiger charge is 2.53. The monoisotopic (exact) mass is 1890 g/mol. The van der Waals surface area contributed by atoms with E-state index in [0.29, 0.717) is 176 Å². The number of nitrogens with two attached hydrogens (primary N) is 1. The number of pyridine rings is 1. The summed E-state index contributed by atoms with van der Waals surface area (Å²) in [4.78, 5) is 160. The number of hydrogen-bond donors (Lipinski definition) is 5. The number of aliphatic hydroxyl groups excluding tert-OH is 1. The summed E-state index contributed by atoms with van der Waals surface area (Å²) in [5, 5.41) is 29.4. The summed E-state index contributed by atoms with van der Waals surface area (Å²) in [7, 11) is 0.610. The molecule has 0 radical (unpaired) electrons. The average molecular weight is 1890 g/mol. The Morgan fingerprint density at radius 1 is 0.711 bits per heavy atom. The smallest absolute Gasteiger partial charge is 0.407 e. The Morgan fingerprint density at radius 2 is 1.43 bits per heavy atom. The topological polar surface area (TPSA) is 436 Å². The molecule has 1 aliphatic carbocycles. The minimum atomic E-state index is -3.86. The number of sulfone groups is 1. The number of alkyl carbamates (subject to hydrolysis) is 1. The van der Waals surface area contributed by atoms with Gasteiger partial charge in [0.25, 0.3) is 23.5 Å². The van der Waals surface area contributed by atoms with E-state index in [1.165, 1.54) is 42.6 Å². The number of carbonyl (C=O) groups is 9. The van der Waals surface area contributed by atoms with E-state index in [9.17, 15) is 61.8 Å². The Morgan fingerprint density at radius 3 is 2.13 bits per heavy atom. The molecule has 0 spiro atoms. The van der Waals surface area contributed by atoms with Gasteiger partial charge in [-0.05, 0) is 167 Å². The van der Waals surface area contributed by atoms with Crippen LogP contribution in [0.3, 0.4) is 0 Å². The number of fused-ring (bicyclic) bond motifs is 4. The largest absolute Gasteiger partial charge is 0.491 e. The Labute approximate surface area is 791 Å². The third-order valence-corrected chi connectivity index (χ3v) is 28.9. The second-order valence-electron chi connectivity index (χ2n) is 37.0. The number of piperidine rings is 1. The number of amides is 5. The molecule has 5 aromatic rings. The number of nitrogens with zero attached hydrogens (tertiary/aromatic N) is 11. The molecule has 5 fully saturated rings. The van der Waals surface area contributed by atoms with Gasteiger partial charge in [-0.3, -0.25) is 38.5 Å². The average Bonchev–Trinajstić information content (AvgIpc) is 1.09. The van der Waals surface area contributed by atoms with E-state index in [0.717, 1.165) is 22.3 Å². The number of aliphatic hydroxyl groups is 2. The lowest BCUT2D eigenvalue weighted by molar-refractivity contribution is -0.265. The molecule has 732 valence electrons. The molecule has 12 rings (SSSR count). The van der Waals surface area contributed by atoms with E-state index in [4.69, 9.17) is 43.6 Å². The number of nitrogens with one attached hydrogen (secondary N) is 2. The predicted octanol–water partition coefficient (Wildman–Crippen LogP) is 8.76. The number of cyclic esters (lactones) is 1. The van der Waals surface area contributed by atoms with Crippen molar-refractivity contribution in [1.29, 1.82) is 0 Å². The molecule has 6 aliphatic heterocycles. The first-order chi connectivity index (χ1) is 64.7. The third-order valence-electron chi connectivity index (χ3n) is 27.2. The molecule has 4 saturated heterocycles. The maximum Gasteiger partial charge on any atom is 0.407 e. The predicted molar refractivity (Wildman–Crippen MR) is 503 cm³/mol. The van der Waals surface area contributed by atoms with Gasteiger partial charge in [0.1, 0.15) is 54.4 Å². The van der Waals surface area contributed by atoms with Gasteiger partial charge in [-0.25, -0.2) is 42.9 Å². The summed E-state index contributed by atoms with van der Waals surface area (Å²) >= 11 is 0. The van der Waals surface area contributed by atoms with Gasteiger partial charge in [-0.2, -0.15) is 0 Å². The molecule has 35 nitrogen and oxygen atoms in total. The SMILES string of the molecule is CO[C@H]1C[C@@H]2CC[C@@H](C)[C@@](O)(O2)C(=O)C(=O)N2CCCC[C@H]2C(=O)O[C@H]([C@H](C)C[C@@H]2CC[C@@H](OC(=O)NCc3cnc(N4CCN(C(=O)CCOCCN5CCN(c6ncc(C(=O)NCCS(=O)(=O)c7ccc(C(=O)N8CCOc9ccc(-c%10ccc(N)nc%10)cc9C8)c(C)c7)cn6)CC5)CC4)nc3)[C@H](OC)C2)CC(=O)[C@H](C)/C=C(\C)[C@@H](O)[C@@H](OC)C(=O)[C@H](C)C[C@H](C)/C=C/C=C/C=C/1C. The Hall–Kier alpha value is -10.8. The second kappa shape index (κ2) is 48.3. The highest BCUT2D eigenvalue weighted by Crippen LogP contribution is 2.40. The van der Waals surface area contributed by atoms with E-state index in [1.54, 1.807) is 84.5 Å². The van der Waals surface area contributed by atoms with Crippen molar-refractivity contribution in [3.63, 3.8) is 0 Å². The minimum Gasteiger partial charge on any atom is -0.491 e. The molecule has 2 aromatic carbocycles. The molecule has 15 atom stereocenters. The summed E-state index contributed by atoms with van der Waals surface area (Å²) in [5.41, 5.74) is 11.2. The summed E-state index contributed by atoms with van der Waals surface area (Å²) in [6.45, 7) is 21.1. The summed E-state index contributed by atoms with van der Waals surface area (Å²) in [6, 6.07) is 12.6. The molecule has 3 aromatic heterocycles. The fourth-order valence-corrected chi connectivity index (χ4v) is 20.1. The van der Waals surface area contributed by atoms with Gasteiger partial charge in [0.05, 0.1) is 60.7 Å². The number of anilines is 3. The molecular weight excluding hydrogens is 1750 g/mol. The zero-order valence-electron chi connectivity index (χ0n) is 79.5. The standard InChI is InChI=1S/C99H134N14O21S/c1-62-17-13-12-14-18-63(2)83(127-9)53-76-24-20-69(8)99(124,134-76)91(118)94(121)113-32-16-15-19-79(113)95(122)132-84(54-80(114)65(4)48-68(7)89(117)90(129-11)88(116)67(6)47-62)66(5)49-70-21-27-82(85(51-70)128-10)133-98(123)107-57-71-55-103-96(104-56-71)111-39-37-109(38-40-111)87(115)30-43-130-44-41-108-33-35-110(36-34-108)97-105-59-75(60-106-97)92(119)101-31-46-135(125,126)77-25-26-78(64(3)50-77)93(120)112-42-45-131-81-28-22-72(52-74(81)61-112)73-23-29-86(100)102-58-73/h12-14,17-18,22-23,25-26,28-29,48,50,52,55-56,58-60,62,65-67,69-70,76,79,82-85,89-90,117,124H,15-16,19-21,24,27,30-47,49,51,53-54,57,61H2,1-11H3,(H2,100,102)(H,101,119)(H,107,123)/b14-12+,17-13+,63-18+,68-48+/t62-,65-,66-,67-,69-,70+,76+,79+,82-,83+,84+,85-,89-,90+,99-/m1/s1. The van der Waals surface area contributed by atoms with Crippen LogP contribution in [-0.4, -0.2) is 296 Å². The van der Waals surface area contributed by atoms with Crippen LogP contribution in [0.25, 0.3) is 11.1 Å². The van der Waals surface area contributed by atoms with Gasteiger partial charge in [-0.15, -0.1) is 0 Å². The number of aryl methyl sites for hydroxylation is 1. The lowest BCUT2D eigenvalue weighted by Gasteiger charge is -2.42. The van der Waals surface area contributed by atoms with Crippen LogP contribution in [-0.2, 0) is 84.9 Å². The molecule has 9 heterocycles. The number of rotatable bonds is 24. The number of hydrogen-bond acceptors (Lipinski definition) is 30. The number of benzene rings is 2. The summed E-state index contributed by atoms with van der Waals surface area (Å²) in [5.74, 6) is -7.98. The van der Waals surface area contributed by atoms with Gasteiger partial charge in [-0.1, -0.05) is 77.1 Å². The number of ether oxygens (including phenoxy) is 8. The quantitative estimate of drug-likeness (QED) is 0.0167. The van der Waals surface area contributed by atoms with Gasteiger partial charge < -0.3 is 89.0 Å². The van der Waals surface area contributed by atoms with E-state index >= 15 is 0 Å². The van der Waals surface area contributed by atoms with Crippen molar-refractivity contribution in [2.24, 2.45) is 35.5 Å². The fourth-order valence-electron chi connectivity index (χ4n) is 18.8. The van der Waals surface area contributed by atoms with Crippen LogP contribution in [0.5, 0.6) is 5.75 Å². The number of aromatic nitrogens is 5. The molecule has 7 aliphatic rings.